The largest absolute Gasteiger partial charge is 0.325 e. The molecule has 2 rings (SSSR count). The predicted molar refractivity (Wildman–Crippen MR) is 90.6 cm³/mol. The second kappa shape index (κ2) is 7.03. The summed E-state index contributed by atoms with van der Waals surface area (Å²) in [6, 6.07) is 7.60. The van der Waals surface area contributed by atoms with Crippen LogP contribution in [0.25, 0.3) is 0 Å². The van der Waals surface area contributed by atoms with Gasteiger partial charge in [0.05, 0.1) is 12.8 Å². The van der Waals surface area contributed by atoms with Gasteiger partial charge in [-0.15, -0.1) is 0 Å². The molecule has 6 nitrogen and oxygen atoms in total. The summed E-state index contributed by atoms with van der Waals surface area (Å²) < 4.78 is 25.3. The van der Waals surface area contributed by atoms with Gasteiger partial charge in [0, 0.05) is 35.4 Å². The van der Waals surface area contributed by atoms with Crippen LogP contribution in [-0.4, -0.2) is 62.5 Å². The minimum Gasteiger partial charge on any atom is -0.325 e. The van der Waals surface area contributed by atoms with Crippen LogP contribution in [0.15, 0.2) is 24.3 Å². The van der Waals surface area contributed by atoms with E-state index < -0.39 is 10.0 Å². The highest BCUT2D eigenvalue weighted by atomic mass is 127. The quantitative estimate of drug-likeness (QED) is 0.728. The Morgan fingerprint density at radius 2 is 1.95 bits per heavy atom. The number of carbonyl (C=O) groups is 1. The van der Waals surface area contributed by atoms with Crippen LogP contribution in [-0.2, 0) is 14.8 Å². The van der Waals surface area contributed by atoms with Crippen LogP contribution >= 0.6 is 22.6 Å². The van der Waals surface area contributed by atoms with Crippen LogP contribution in [0.2, 0.25) is 0 Å². The molecule has 1 aliphatic heterocycles. The number of nitrogens with one attached hydrogen (secondary N) is 1. The lowest BCUT2D eigenvalue weighted by Crippen LogP contribution is -2.50. The van der Waals surface area contributed by atoms with Gasteiger partial charge in [-0.2, -0.15) is 4.31 Å². The van der Waals surface area contributed by atoms with Crippen molar-refractivity contribution >= 4 is 44.2 Å². The summed E-state index contributed by atoms with van der Waals surface area (Å²) in [4.78, 5) is 13.9. The van der Waals surface area contributed by atoms with E-state index in [0.29, 0.717) is 26.2 Å². The fourth-order valence-corrected chi connectivity index (χ4v) is 3.56. The zero-order valence-corrected chi connectivity index (χ0v) is 14.7. The number of sulfonamides is 1. The van der Waals surface area contributed by atoms with Crippen molar-refractivity contribution in [2.75, 3.05) is 44.3 Å². The lowest BCUT2D eigenvalue weighted by atomic mass is 10.3. The number of carbonyl (C=O) groups excluding carboxylic acids is 1. The molecular weight excluding hydrogens is 405 g/mol. The van der Waals surface area contributed by atoms with Crippen LogP contribution < -0.4 is 5.32 Å². The number of piperazine rings is 1. The molecule has 116 valence electrons. The Balaban J connectivity index is 1.82. The zero-order chi connectivity index (χ0) is 15.5. The Bertz CT molecular complexity index is 613. The average molecular weight is 423 g/mol. The molecule has 0 saturated carbocycles. The third-order valence-electron chi connectivity index (χ3n) is 3.28. The molecule has 1 aliphatic rings. The second-order valence-electron chi connectivity index (χ2n) is 5.00. The van der Waals surface area contributed by atoms with E-state index in [1.165, 1.54) is 10.6 Å². The third-order valence-corrected chi connectivity index (χ3v) is 5.25. The summed E-state index contributed by atoms with van der Waals surface area (Å²) in [6.07, 6.45) is 1.21. The molecule has 0 atom stereocenters. The highest BCUT2D eigenvalue weighted by molar-refractivity contribution is 14.1. The first kappa shape index (κ1) is 16.7. The summed E-state index contributed by atoms with van der Waals surface area (Å²) >= 11 is 2.19. The summed E-state index contributed by atoms with van der Waals surface area (Å²) in [7, 11) is -3.13. The number of rotatable bonds is 4. The van der Waals surface area contributed by atoms with Crippen LogP contribution in [0.5, 0.6) is 0 Å². The SMILES string of the molecule is CS(=O)(=O)N1CCN(CC(=O)Nc2cccc(I)c2)CC1. The van der Waals surface area contributed by atoms with E-state index in [1.807, 2.05) is 29.2 Å². The van der Waals surface area contributed by atoms with Crippen LogP contribution in [0.3, 0.4) is 0 Å². The maximum absolute atomic E-state index is 12.0. The maximum atomic E-state index is 12.0. The molecule has 8 heteroatoms. The van der Waals surface area contributed by atoms with Gasteiger partial charge < -0.3 is 5.32 Å². The van der Waals surface area contributed by atoms with Crippen LogP contribution in [0, 0.1) is 3.57 Å². The van der Waals surface area contributed by atoms with Gasteiger partial charge in [-0.05, 0) is 40.8 Å². The molecule has 1 heterocycles. The molecule has 0 radical (unpaired) electrons. The highest BCUT2D eigenvalue weighted by Gasteiger charge is 2.24. The van der Waals surface area contributed by atoms with E-state index in [1.54, 1.807) is 0 Å². The second-order valence-corrected chi connectivity index (χ2v) is 8.22. The van der Waals surface area contributed by atoms with E-state index in [-0.39, 0.29) is 12.5 Å². The van der Waals surface area contributed by atoms with Crippen molar-refractivity contribution < 1.29 is 13.2 Å². The molecular formula is C13H18IN3O3S. The van der Waals surface area contributed by atoms with E-state index >= 15 is 0 Å². The number of anilines is 1. The Morgan fingerprint density at radius 1 is 1.29 bits per heavy atom. The number of nitrogens with zero attached hydrogens (tertiary/aromatic N) is 2. The summed E-state index contributed by atoms with van der Waals surface area (Å²) in [5.41, 5.74) is 0.779. The predicted octanol–water partition coefficient (Wildman–Crippen LogP) is 0.807. The van der Waals surface area contributed by atoms with E-state index in [0.717, 1.165) is 9.26 Å². The lowest BCUT2D eigenvalue weighted by molar-refractivity contribution is -0.117. The molecule has 21 heavy (non-hydrogen) atoms. The Hall–Kier alpha value is -0.710. The molecule has 0 aliphatic carbocycles. The standard InChI is InChI=1S/C13H18IN3O3S/c1-21(19,20)17-7-5-16(6-8-17)10-13(18)15-12-4-2-3-11(14)9-12/h2-4,9H,5-8,10H2,1H3,(H,15,18). The zero-order valence-electron chi connectivity index (χ0n) is 11.8. The minimum atomic E-state index is -3.13. The number of hydrogen-bond acceptors (Lipinski definition) is 4. The summed E-state index contributed by atoms with van der Waals surface area (Å²) in [6.45, 7) is 2.31. The van der Waals surface area contributed by atoms with E-state index in [4.69, 9.17) is 0 Å². The van der Waals surface area contributed by atoms with Gasteiger partial charge in [0.15, 0.2) is 0 Å². The molecule has 1 amide bonds. The smallest absolute Gasteiger partial charge is 0.238 e. The Morgan fingerprint density at radius 3 is 2.52 bits per heavy atom. The van der Waals surface area contributed by atoms with Crippen LogP contribution in [0.1, 0.15) is 0 Å². The van der Waals surface area contributed by atoms with Crippen molar-refractivity contribution in [1.29, 1.82) is 0 Å². The van der Waals surface area contributed by atoms with Gasteiger partial charge in [0.2, 0.25) is 15.9 Å². The van der Waals surface area contributed by atoms with Gasteiger partial charge in [-0.3, -0.25) is 9.69 Å². The molecule has 1 aromatic carbocycles. The van der Waals surface area contributed by atoms with Crippen LogP contribution in [0.4, 0.5) is 5.69 Å². The lowest BCUT2D eigenvalue weighted by Gasteiger charge is -2.32. The highest BCUT2D eigenvalue weighted by Crippen LogP contribution is 2.12. The van der Waals surface area contributed by atoms with Crippen molar-refractivity contribution in [3.63, 3.8) is 0 Å². The molecule has 1 N–H and O–H groups in total. The number of halogens is 1. The first-order chi connectivity index (χ1) is 9.84. The molecule has 0 spiro atoms. The Kier molecular flexibility index (Phi) is 5.58. The molecule has 1 saturated heterocycles. The first-order valence-corrected chi connectivity index (χ1v) is 9.50. The monoisotopic (exact) mass is 423 g/mol. The molecule has 1 aromatic rings. The van der Waals surface area contributed by atoms with Gasteiger partial charge in [0.1, 0.15) is 0 Å². The van der Waals surface area contributed by atoms with Gasteiger partial charge in [-0.25, -0.2) is 8.42 Å². The average Bonchev–Trinajstić information content (AvgIpc) is 2.38. The Labute approximate surface area is 138 Å². The summed E-state index contributed by atoms with van der Waals surface area (Å²) in [5.74, 6) is -0.0789. The first-order valence-electron chi connectivity index (χ1n) is 6.57. The van der Waals surface area contributed by atoms with Gasteiger partial charge >= 0.3 is 0 Å². The molecule has 0 unspecified atom stereocenters. The molecule has 1 fully saturated rings. The number of hydrogen-bond donors (Lipinski definition) is 1. The summed E-state index contributed by atoms with van der Waals surface area (Å²) in [5, 5.41) is 2.85. The number of benzene rings is 1. The van der Waals surface area contributed by atoms with Crippen molar-refractivity contribution in [2.45, 2.75) is 0 Å². The van der Waals surface area contributed by atoms with Crippen molar-refractivity contribution in [3.05, 3.63) is 27.8 Å². The number of amides is 1. The van der Waals surface area contributed by atoms with Gasteiger partial charge in [-0.1, -0.05) is 6.07 Å². The van der Waals surface area contributed by atoms with Crippen molar-refractivity contribution in [2.24, 2.45) is 0 Å². The van der Waals surface area contributed by atoms with E-state index in [9.17, 15) is 13.2 Å². The molecule has 0 bridgehead atoms. The normalized spacial score (nSPS) is 17.6. The third kappa shape index (κ3) is 5.20. The van der Waals surface area contributed by atoms with E-state index in [2.05, 4.69) is 27.9 Å². The maximum Gasteiger partial charge on any atom is 0.238 e. The molecule has 0 aromatic heterocycles. The van der Waals surface area contributed by atoms with Gasteiger partial charge in [0.25, 0.3) is 0 Å². The fourth-order valence-electron chi connectivity index (χ4n) is 2.19. The minimum absolute atomic E-state index is 0.0789. The fraction of sp³-hybridized carbons (Fsp3) is 0.462. The van der Waals surface area contributed by atoms with Crippen molar-refractivity contribution in [1.82, 2.24) is 9.21 Å². The van der Waals surface area contributed by atoms with Crippen molar-refractivity contribution in [3.8, 4) is 0 Å². The topological polar surface area (TPSA) is 69.7 Å².